The van der Waals surface area contributed by atoms with Crippen LogP contribution in [0.3, 0.4) is 0 Å². The molecule has 168 valence electrons. The van der Waals surface area contributed by atoms with Crippen molar-refractivity contribution in [3.63, 3.8) is 0 Å². The van der Waals surface area contributed by atoms with Crippen LogP contribution in [-0.2, 0) is 4.74 Å². The van der Waals surface area contributed by atoms with Crippen LogP contribution >= 0.6 is 0 Å². The third-order valence-corrected chi connectivity index (χ3v) is 5.71. The van der Waals surface area contributed by atoms with Gasteiger partial charge in [-0.3, -0.25) is 5.32 Å². The fourth-order valence-electron chi connectivity index (χ4n) is 4.31. The largest absolute Gasteiger partial charge is 0.444 e. The molecule has 6 nitrogen and oxygen atoms in total. The summed E-state index contributed by atoms with van der Waals surface area (Å²) in [5.41, 5.74) is 1.54. The first-order valence-electron chi connectivity index (χ1n) is 11.1. The third-order valence-electron chi connectivity index (χ3n) is 5.71. The first kappa shape index (κ1) is 23.1. The lowest BCUT2D eigenvalue weighted by atomic mass is 9.89. The van der Waals surface area contributed by atoms with E-state index in [2.05, 4.69) is 15.5 Å². The van der Waals surface area contributed by atoms with Crippen LogP contribution in [0.15, 0.2) is 30.0 Å². The van der Waals surface area contributed by atoms with Crippen molar-refractivity contribution in [2.45, 2.75) is 77.0 Å². The second-order valence-corrected chi connectivity index (χ2v) is 9.39. The molecule has 31 heavy (non-hydrogen) atoms. The summed E-state index contributed by atoms with van der Waals surface area (Å²) in [5, 5.41) is 15.5. The van der Waals surface area contributed by atoms with Gasteiger partial charge in [0.2, 0.25) is 0 Å². The number of amides is 1. The first-order chi connectivity index (χ1) is 14.7. The minimum absolute atomic E-state index is 0.194. The van der Waals surface area contributed by atoms with E-state index in [9.17, 15) is 9.18 Å². The van der Waals surface area contributed by atoms with Gasteiger partial charge in [0, 0.05) is 31.4 Å². The molecule has 2 atom stereocenters. The zero-order valence-electron chi connectivity index (χ0n) is 18.7. The normalized spacial score (nSPS) is 23.3. The summed E-state index contributed by atoms with van der Waals surface area (Å²) in [6, 6.07) is 7.08. The molecule has 0 spiro atoms. The van der Waals surface area contributed by atoms with Crippen LogP contribution in [0.25, 0.3) is 0 Å². The van der Waals surface area contributed by atoms with Gasteiger partial charge in [0.05, 0.1) is 17.3 Å². The fourth-order valence-corrected chi connectivity index (χ4v) is 4.31. The monoisotopic (exact) mass is 428 g/mol. The van der Waals surface area contributed by atoms with Crippen LogP contribution in [0, 0.1) is 17.1 Å². The number of carbonyl (C=O) groups is 1. The Balaban J connectivity index is 1.62. The molecule has 0 bridgehead atoms. The zero-order chi connectivity index (χ0) is 22.4. The van der Waals surface area contributed by atoms with E-state index in [4.69, 9.17) is 10.00 Å². The molecule has 0 aromatic heterocycles. The highest BCUT2D eigenvalue weighted by molar-refractivity contribution is 5.69. The van der Waals surface area contributed by atoms with Crippen molar-refractivity contribution >= 4 is 11.8 Å². The van der Waals surface area contributed by atoms with Crippen LogP contribution in [0.1, 0.15) is 64.9 Å². The van der Waals surface area contributed by atoms with Gasteiger partial charge in [-0.2, -0.15) is 5.26 Å². The summed E-state index contributed by atoms with van der Waals surface area (Å²) in [6.07, 6.45) is 7.56. The highest BCUT2D eigenvalue weighted by Gasteiger charge is 2.27. The van der Waals surface area contributed by atoms with Crippen molar-refractivity contribution in [3.05, 3.63) is 41.4 Å². The van der Waals surface area contributed by atoms with Crippen LogP contribution in [0.2, 0.25) is 0 Å². The van der Waals surface area contributed by atoms with E-state index < -0.39 is 11.7 Å². The van der Waals surface area contributed by atoms with Crippen molar-refractivity contribution in [2.75, 3.05) is 18.0 Å². The Kier molecular flexibility index (Phi) is 7.55. The molecule has 1 heterocycles. The average Bonchev–Trinajstić information content (AvgIpc) is 2.72. The van der Waals surface area contributed by atoms with Gasteiger partial charge < -0.3 is 15.0 Å². The van der Waals surface area contributed by atoms with Crippen LogP contribution in [-0.4, -0.2) is 36.9 Å². The first-order valence-corrected chi connectivity index (χ1v) is 11.1. The topological polar surface area (TPSA) is 77.4 Å². The van der Waals surface area contributed by atoms with Crippen molar-refractivity contribution in [2.24, 2.45) is 0 Å². The summed E-state index contributed by atoms with van der Waals surface area (Å²) in [6.45, 7) is 7.04. The van der Waals surface area contributed by atoms with Crippen LogP contribution in [0.5, 0.6) is 0 Å². The van der Waals surface area contributed by atoms with Crippen LogP contribution in [0.4, 0.5) is 14.9 Å². The lowest BCUT2D eigenvalue weighted by Gasteiger charge is -2.38. The number of nitriles is 1. The molecule has 1 amide bonds. The number of benzene rings is 1. The summed E-state index contributed by atoms with van der Waals surface area (Å²) in [4.78, 5) is 14.1. The number of alkyl carbamates (subject to hydrolysis) is 1. The molecule has 1 aromatic rings. The van der Waals surface area contributed by atoms with E-state index in [-0.39, 0.29) is 17.9 Å². The Hall–Kier alpha value is -2.59. The summed E-state index contributed by atoms with van der Waals surface area (Å²) in [7, 11) is 0. The molecule has 1 aromatic carbocycles. The summed E-state index contributed by atoms with van der Waals surface area (Å²) >= 11 is 0. The van der Waals surface area contributed by atoms with Crippen molar-refractivity contribution < 1.29 is 13.9 Å². The third kappa shape index (κ3) is 6.70. The van der Waals surface area contributed by atoms with E-state index in [1.54, 1.807) is 18.3 Å². The maximum Gasteiger partial charge on any atom is 0.411 e. The molecular formula is C24H33FN4O2. The highest BCUT2D eigenvalue weighted by atomic mass is 19.1. The maximum absolute atomic E-state index is 14.5. The number of nitrogens with zero attached hydrogens (tertiary/aromatic N) is 2. The van der Waals surface area contributed by atoms with E-state index in [1.165, 1.54) is 11.6 Å². The molecule has 2 fully saturated rings. The van der Waals surface area contributed by atoms with Crippen molar-refractivity contribution in [3.8, 4) is 6.07 Å². The molecule has 2 aliphatic rings. The van der Waals surface area contributed by atoms with Gasteiger partial charge in [-0.25, -0.2) is 9.18 Å². The molecule has 1 saturated carbocycles. The maximum atomic E-state index is 14.5. The number of hydrogen-bond acceptors (Lipinski definition) is 5. The van der Waals surface area contributed by atoms with Gasteiger partial charge in [0.1, 0.15) is 11.4 Å². The average molecular weight is 429 g/mol. The molecule has 1 saturated heterocycles. The number of rotatable bonds is 4. The lowest BCUT2D eigenvalue weighted by molar-refractivity contribution is 0.0551. The van der Waals surface area contributed by atoms with Gasteiger partial charge in [0.15, 0.2) is 0 Å². The Morgan fingerprint density at radius 1 is 1.29 bits per heavy atom. The lowest BCUT2D eigenvalue weighted by Crippen LogP contribution is -2.50. The van der Waals surface area contributed by atoms with E-state index >= 15 is 0 Å². The predicted molar refractivity (Wildman–Crippen MR) is 119 cm³/mol. The van der Waals surface area contributed by atoms with Gasteiger partial charge in [-0.05, 0) is 76.6 Å². The van der Waals surface area contributed by atoms with Crippen LogP contribution < -0.4 is 15.5 Å². The Morgan fingerprint density at radius 3 is 2.81 bits per heavy atom. The summed E-state index contributed by atoms with van der Waals surface area (Å²) < 4.78 is 19.8. The standard InChI is InChI=1S/C24H33FN4O2/c1-24(2,3)31-23(30)27-15-18-7-4-5-9-21(18)28-19-8-6-12-29(16-19)22-11-10-17(14-26)13-20(22)25/h10-11,13,15,19,21,28H,4-9,12,16H2,1-3H3,(H,27,30)/b18-15+. The Bertz CT molecular complexity index is 856. The van der Waals surface area contributed by atoms with Gasteiger partial charge in [0.25, 0.3) is 0 Å². The van der Waals surface area contributed by atoms with E-state index in [0.717, 1.165) is 45.1 Å². The number of hydrogen-bond donors (Lipinski definition) is 2. The summed E-state index contributed by atoms with van der Waals surface area (Å²) in [5.74, 6) is -0.348. The Labute approximate surface area is 184 Å². The van der Waals surface area contributed by atoms with Gasteiger partial charge in [-0.1, -0.05) is 6.42 Å². The number of nitrogens with one attached hydrogen (secondary N) is 2. The van der Waals surface area contributed by atoms with Crippen molar-refractivity contribution in [1.29, 1.82) is 5.26 Å². The number of piperidine rings is 1. The van der Waals surface area contributed by atoms with E-state index in [0.29, 0.717) is 17.8 Å². The second-order valence-electron chi connectivity index (χ2n) is 9.39. The van der Waals surface area contributed by atoms with Gasteiger partial charge >= 0.3 is 6.09 Å². The molecule has 1 aliphatic heterocycles. The number of carbonyl (C=O) groups excluding carboxylic acids is 1. The zero-order valence-corrected chi connectivity index (χ0v) is 18.7. The number of ether oxygens (including phenoxy) is 1. The van der Waals surface area contributed by atoms with Crippen molar-refractivity contribution in [1.82, 2.24) is 10.6 Å². The quantitative estimate of drug-likeness (QED) is 0.732. The SMILES string of the molecule is CC(C)(C)OC(=O)N/C=C1\CCCCC1NC1CCCN(c2ccc(C#N)cc2F)C1. The molecule has 1 aliphatic carbocycles. The predicted octanol–water partition coefficient (Wildman–Crippen LogP) is 4.61. The molecule has 3 rings (SSSR count). The molecule has 7 heteroatoms. The minimum Gasteiger partial charge on any atom is -0.444 e. The van der Waals surface area contributed by atoms with Gasteiger partial charge in [-0.15, -0.1) is 0 Å². The Morgan fingerprint density at radius 2 is 2.10 bits per heavy atom. The minimum atomic E-state index is -0.529. The smallest absolute Gasteiger partial charge is 0.411 e. The molecule has 2 N–H and O–H groups in total. The number of halogens is 1. The fraction of sp³-hybridized carbons (Fsp3) is 0.583. The molecule has 0 radical (unpaired) electrons. The highest BCUT2D eigenvalue weighted by Crippen LogP contribution is 2.27. The molecular weight excluding hydrogens is 395 g/mol. The molecule has 2 unspecified atom stereocenters. The number of anilines is 1. The van der Waals surface area contributed by atoms with E-state index in [1.807, 2.05) is 26.8 Å². The second kappa shape index (κ2) is 10.1.